The predicted octanol–water partition coefficient (Wildman–Crippen LogP) is 2.58. The van der Waals surface area contributed by atoms with E-state index in [4.69, 9.17) is 6.42 Å². The zero-order chi connectivity index (χ0) is 8.97. The number of hydrogen-bond donors (Lipinski definition) is 0. The summed E-state index contributed by atoms with van der Waals surface area (Å²) in [5.74, 6) is 3.03. The molecule has 1 rings (SSSR count). The molecule has 1 atom stereocenters. The van der Waals surface area contributed by atoms with Crippen LogP contribution in [0.1, 0.15) is 37.6 Å². The van der Waals surface area contributed by atoms with Crippen molar-refractivity contribution in [3.05, 3.63) is 29.6 Å². The van der Waals surface area contributed by atoms with Gasteiger partial charge in [-0.2, -0.15) is 0 Å². The molecular weight excluding hydrogens is 146 g/mol. The predicted molar refractivity (Wildman–Crippen MR) is 50.9 cm³/mol. The van der Waals surface area contributed by atoms with E-state index in [0.29, 0.717) is 5.92 Å². The normalized spacial score (nSPS) is 12.1. The standard InChI is InChI=1S/C11H13N/c1-4-9(3)11-8-6-7-10(5-2)12-11/h2,6-9H,4H2,1,3H3. The van der Waals surface area contributed by atoms with Gasteiger partial charge in [-0.05, 0) is 24.5 Å². The molecule has 1 aromatic heterocycles. The smallest absolute Gasteiger partial charge is 0.113 e. The van der Waals surface area contributed by atoms with E-state index >= 15 is 0 Å². The van der Waals surface area contributed by atoms with Crippen LogP contribution in [0.25, 0.3) is 0 Å². The average molecular weight is 159 g/mol. The van der Waals surface area contributed by atoms with Gasteiger partial charge in [0.2, 0.25) is 0 Å². The van der Waals surface area contributed by atoms with Crippen LogP contribution in [0.3, 0.4) is 0 Å². The van der Waals surface area contributed by atoms with Gasteiger partial charge in [0, 0.05) is 5.69 Å². The molecule has 0 aliphatic heterocycles. The maximum Gasteiger partial charge on any atom is 0.113 e. The van der Waals surface area contributed by atoms with E-state index in [2.05, 4.69) is 24.8 Å². The van der Waals surface area contributed by atoms with E-state index in [9.17, 15) is 0 Å². The van der Waals surface area contributed by atoms with Crippen molar-refractivity contribution in [2.24, 2.45) is 0 Å². The van der Waals surface area contributed by atoms with Crippen molar-refractivity contribution in [2.75, 3.05) is 0 Å². The molecule has 62 valence electrons. The first-order valence-electron chi connectivity index (χ1n) is 4.21. The maximum absolute atomic E-state index is 5.25. The van der Waals surface area contributed by atoms with Gasteiger partial charge < -0.3 is 0 Å². The van der Waals surface area contributed by atoms with E-state index in [-0.39, 0.29) is 0 Å². The van der Waals surface area contributed by atoms with Crippen LogP contribution in [0.4, 0.5) is 0 Å². The Morgan fingerprint density at radius 3 is 2.92 bits per heavy atom. The Labute approximate surface area is 73.8 Å². The number of aromatic nitrogens is 1. The van der Waals surface area contributed by atoms with Crippen LogP contribution in [-0.2, 0) is 0 Å². The maximum atomic E-state index is 5.25. The summed E-state index contributed by atoms with van der Waals surface area (Å²) in [4.78, 5) is 4.33. The number of nitrogens with zero attached hydrogens (tertiary/aromatic N) is 1. The van der Waals surface area contributed by atoms with Gasteiger partial charge in [-0.3, -0.25) is 0 Å². The Morgan fingerprint density at radius 1 is 1.58 bits per heavy atom. The minimum atomic E-state index is 0.498. The van der Waals surface area contributed by atoms with E-state index in [0.717, 1.165) is 17.8 Å². The number of rotatable bonds is 2. The molecule has 0 spiro atoms. The summed E-state index contributed by atoms with van der Waals surface area (Å²) in [6, 6.07) is 5.84. The van der Waals surface area contributed by atoms with Gasteiger partial charge in [-0.1, -0.05) is 25.8 Å². The molecule has 0 fully saturated rings. The van der Waals surface area contributed by atoms with E-state index in [1.54, 1.807) is 0 Å². The van der Waals surface area contributed by atoms with Crippen molar-refractivity contribution in [2.45, 2.75) is 26.2 Å². The summed E-state index contributed by atoms with van der Waals surface area (Å²) in [5.41, 5.74) is 1.82. The number of pyridine rings is 1. The molecule has 1 nitrogen and oxygen atoms in total. The van der Waals surface area contributed by atoms with Gasteiger partial charge in [0.05, 0.1) is 0 Å². The molecule has 12 heavy (non-hydrogen) atoms. The third-order valence-corrected chi connectivity index (χ3v) is 2.04. The first kappa shape index (κ1) is 8.80. The second-order valence-electron chi connectivity index (χ2n) is 2.90. The van der Waals surface area contributed by atoms with E-state index < -0.39 is 0 Å². The summed E-state index contributed by atoms with van der Waals surface area (Å²) in [6.45, 7) is 4.30. The van der Waals surface area contributed by atoms with Gasteiger partial charge >= 0.3 is 0 Å². The molecule has 1 aromatic rings. The van der Waals surface area contributed by atoms with Crippen molar-refractivity contribution in [3.8, 4) is 12.3 Å². The highest BCUT2D eigenvalue weighted by Crippen LogP contribution is 2.15. The molecule has 0 bridgehead atoms. The van der Waals surface area contributed by atoms with Gasteiger partial charge in [0.1, 0.15) is 5.69 Å². The molecule has 1 heteroatoms. The molecule has 0 N–H and O–H groups in total. The monoisotopic (exact) mass is 159 g/mol. The van der Waals surface area contributed by atoms with E-state index in [1.807, 2.05) is 18.2 Å². The summed E-state index contributed by atoms with van der Waals surface area (Å²) >= 11 is 0. The van der Waals surface area contributed by atoms with E-state index in [1.165, 1.54) is 0 Å². The van der Waals surface area contributed by atoms with Crippen molar-refractivity contribution in [3.63, 3.8) is 0 Å². The summed E-state index contributed by atoms with van der Waals surface area (Å²) in [7, 11) is 0. The minimum absolute atomic E-state index is 0.498. The van der Waals surface area contributed by atoms with Crippen LogP contribution < -0.4 is 0 Å². The lowest BCUT2D eigenvalue weighted by molar-refractivity contribution is 0.707. The first-order valence-corrected chi connectivity index (χ1v) is 4.21. The SMILES string of the molecule is C#Cc1cccc(C(C)CC)n1. The largest absolute Gasteiger partial charge is 0.244 e. The van der Waals surface area contributed by atoms with Gasteiger partial charge in [-0.25, -0.2) is 4.98 Å². The van der Waals surface area contributed by atoms with Gasteiger partial charge in [-0.15, -0.1) is 6.42 Å². The Bertz CT molecular complexity index is 296. The zero-order valence-electron chi connectivity index (χ0n) is 7.54. The fourth-order valence-electron chi connectivity index (χ4n) is 1.02. The topological polar surface area (TPSA) is 12.9 Å². The van der Waals surface area contributed by atoms with Crippen molar-refractivity contribution in [1.82, 2.24) is 4.98 Å². The molecule has 1 unspecified atom stereocenters. The third kappa shape index (κ3) is 1.85. The van der Waals surface area contributed by atoms with Crippen LogP contribution in [0.5, 0.6) is 0 Å². The Kier molecular flexibility index (Phi) is 2.88. The number of terminal acetylenes is 1. The number of hydrogen-bond acceptors (Lipinski definition) is 1. The lowest BCUT2D eigenvalue weighted by atomic mass is 10.0. The molecule has 0 saturated heterocycles. The minimum Gasteiger partial charge on any atom is -0.244 e. The molecular formula is C11H13N. The summed E-state index contributed by atoms with van der Waals surface area (Å²) in [6.07, 6.45) is 6.35. The van der Waals surface area contributed by atoms with Crippen molar-refractivity contribution in [1.29, 1.82) is 0 Å². The van der Waals surface area contributed by atoms with Crippen LogP contribution in [0.2, 0.25) is 0 Å². The Morgan fingerprint density at radius 2 is 2.33 bits per heavy atom. The van der Waals surface area contributed by atoms with Gasteiger partial charge in [0.15, 0.2) is 0 Å². The van der Waals surface area contributed by atoms with Crippen LogP contribution in [-0.4, -0.2) is 4.98 Å². The molecule has 0 aliphatic carbocycles. The second-order valence-corrected chi connectivity index (χ2v) is 2.90. The molecule has 0 aliphatic rings. The molecule has 0 saturated carbocycles. The second kappa shape index (κ2) is 3.92. The lowest BCUT2D eigenvalue weighted by Crippen LogP contribution is -1.96. The fourth-order valence-corrected chi connectivity index (χ4v) is 1.02. The van der Waals surface area contributed by atoms with Gasteiger partial charge in [0.25, 0.3) is 0 Å². The highest BCUT2D eigenvalue weighted by atomic mass is 14.7. The Hall–Kier alpha value is -1.29. The molecule has 0 aromatic carbocycles. The zero-order valence-corrected chi connectivity index (χ0v) is 7.54. The van der Waals surface area contributed by atoms with Crippen LogP contribution >= 0.6 is 0 Å². The summed E-state index contributed by atoms with van der Waals surface area (Å²) in [5, 5.41) is 0. The average Bonchev–Trinajstić information content (AvgIpc) is 2.17. The molecule has 0 amide bonds. The highest BCUT2D eigenvalue weighted by Gasteiger charge is 2.03. The highest BCUT2D eigenvalue weighted by molar-refractivity contribution is 5.26. The van der Waals surface area contributed by atoms with Crippen LogP contribution in [0, 0.1) is 12.3 Å². The molecule has 0 radical (unpaired) electrons. The third-order valence-electron chi connectivity index (χ3n) is 2.04. The lowest BCUT2D eigenvalue weighted by Gasteiger charge is -2.06. The molecule has 1 heterocycles. The summed E-state index contributed by atoms with van der Waals surface area (Å²) < 4.78 is 0. The van der Waals surface area contributed by atoms with Crippen molar-refractivity contribution >= 4 is 0 Å². The van der Waals surface area contributed by atoms with Crippen molar-refractivity contribution < 1.29 is 0 Å². The fraction of sp³-hybridized carbons (Fsp3) is 0.364. The quantitative estimate of drug-likeness (QED) is 0.604. The van der Waals surface area contributed by atoms with Crippen LogP contribution in [0.15, 0.2) is 18.2 Å². The first-order chi connectivity index (χ1) is 5.77. The Balaban J connectivity index is 2.95.